The highest BCUT2D eigenvalue weighted by Gasteiger charge is 2.64. The molecule has 70 heavy (non-hydrogen) atoms. The summed E-state index contributed by atoms with van der Waals surface area (Å²) in [6.07, 6.45) is 20.1. The summed E-state index contributed by atoms with van der Waals surface area (Å²) < 4.78 is 43.2. The lowest BCUT2D eigenvalue weighted by Crippen LogP contribution is -2.58. The molecule has 2 N–H and O–H groups in total. The quantitative estimate of drug-likeness (QED) is 0.164. The summed E-state index contributed by atoms with van der Waals surface area (Å²) in [7, 11) is -0.879. The third-order valence-electron chi connectivity index (χ3n) is 22.7. The van der Waals surface area contributed by atoms with Crippen molar-refractivity contribution in [1.82, 2.24) is 0 Å². The maximum absolute atomic E-state index is 13.6. The van der Waals surface area contributed by atoms with Crippen LogP contribution in [0.4, 0.5) is 0 Å². The van der Waals surface area contributed by atoms with Crippen LogP contribution < -0.4 is 0 Å². The van der Waals surface area contributed by atoms with Gasteiger partial charge in [0.1, 0.15) is 0 Å². The van der Waals surface area contributed by atoms with Crippen molar-refractivity contribution < 1.29 is 41.9 Å². The van der Waals surface area contributed by atoms with Crippen LogP contribution in [0.1, 0.15) is 197 Å². The molecular weight excluding hydrogens is 897 g/mol. The Morgan fingerprint density at radius 3 is 1.59 bits per heavy atom. The van der Waals surface area contributed by atoms with Gasteiger partial charge in [0.25, 0.3) is 10.1 Å². The fraction of sp³-hybridized carbons (Fsp3) is 0.867. The minimum atomic E-state index is -3.83. The van der Waals surface area contributed by atoms with Crippen molar-refractivity contribution in [1.29, 1.82) is 0 Å². The van der Waals surface area contributed by atoms with Gasteiger partial charge in [0.05, 0.1) is 37.4 Å². The Balaban J connectivity index is 0.000000232. The SMILES string of the molecule is C.C.COC(=O)CC[C@@H](C)[C@H]1CC[C@H]2[C@@H]3C[C@H](O)[C@@H]4C[C@H](O)CC[C@]4(C)[C@H]3CC[C@]12C.COC(=O)CC[C@@H](C)[C@H]1CC[C@H]2[C@@H]3C[C@H](OS(=O)(=O)c4ccc(C)cc4)[C@@H]4C[C@H](C)CC[C@]4(C)[C@H]3CC[C@]12C. The van der Waals surface area contributed by atoms with Crippen molar-refractivity contribution in [2.24, 2.45) is 98.6 Å². The van der Waals surface area contributed by atoms with Gasteiger partial charge < -0.3 is 19.7 Å². The topological polar surface area (TPSA) is 136 Å². The van der Waals surface area contributed by atoms with Crippen LogP contribution in [0, 0.1) is 106 Å². The molecule has 8 aliphatic rings. The van der Waals surface area contributed by atoms with E-state index in [1.54, 1.807) is 12.1 Å². The Bertz CT molecular complexity index is 2040. The number of carbonyl (C=O) groups is 2. The van der Waals surface area contributed by atoms with Crippen LogP contribution in [0.25, 0.3) is 0 Å². The first-order valence-electron chi connectivity index (χ1n) is 27.6. The molecule has 0 heterocycles. The van der Waals surface area contributed by atoms with Crippen molar-refractivity contribution in [3.63, 3.8) is 0 Å². The average molecular weight is 998 g/mol. The summed E-state index contributed by atoms with van der Waals surface area (Å²) in [6.45, 7) is 18.9. The second-order valence-corrected chi connectivity index (χ2v) is 27.4. The van der Waals surface area contributed by atoms with Crippen LogP contribution in [0.2, 0.25) is 0 Å². The Hall–Kier alpha value is -2.01. The predicted molar refractivity (Wildman–Crippen MR) is 280 cm³/mol. The van der Waals surface area contributed by atoms with E-state index in [2.05, 4.69) is 48.5 Å². The van der Waals surface area contributed by atoms with Crippen molar-refractivity contribution in [2.75, 3.05) is 14.2 Å². The van der Waals surface area contributed by atoms with Crippen LogP contribution in [0.15, 0.2) is 29.2 Å². The zero-order valence-electron chi connectivity index (χ0n) is 43.8. The van der Waals surface area contributed by atoms with Gasteiger partial charge in [-0.1, -0.05) is 87.4 Å². The molecule has 10 heteroatoms. The normalized spacial score (nSPS) is 43.5. The first-order chi connectivity index (χ1) is 32.1. The van der Waals surface area contributed by atoms with E-state index in [0.717, 1.165) is 56.9 Å². The molecule has 0 unspecified atom stereocenters. The third-order valence-corrected chi connectivity index (χ3v) is 24.1. The summed E-state index contributed by atoms with van der Waals surface area (Å²) >= 11 is 0. The number of aryl methyl sites for hydroxylation is 1. The molecule has 0 saturated heterocycles. The molecule has 0 spiro atoms. The van der Waals surface area contributed by atoms with Gasteiger partial charge in [0.2, 0.25) is 0 Å². The Kier molecular flexibility index (Phi) is 18.1. The first kappa shape index (κ1) is 57.3. The van der Waals surface area contributed by atoms with E-state index in [-0.39, 0.29) is 78.1 Å². The van der Waals surface area contributed by atoms with Gasteiger partial charge in [-0.2, -0.15) is 8.42 Å². The van der Waals surface area contributed by atoms with Crippen molar-refractivity contribution in [3.05, 3.63) is 29.8 Å². The van der Waals surface area contributed by atoms with Crippen molar-refractivity contribution >= 4 is 22.1 Å². The standard InChI is InChI=1S/C33H50O5S.C25H42O4.2CH4/c1-21-7-10-24(11-8-21)39(35,36)38-30-20-25-27-13-12-26(23(3)9-14-31(34)37-6)32(27,4)18-16-28(25)33(5)17-15-22(2)19-29(30)33;1-15(5-8-23(28)29-4)18-6-7-19-17-14-22(27)21-13-16(26)9-11-25(21,3)20(17)10-12-24(18,19)2;;/h7-8,10-11,22-23,25-30H,9,12-20H2,1-6H3;15-22,26-27H,5-14H2,1-4H3;2*1H4/t22-,23-,25+,26-,27+,28+,29+,30+,32-,33-;15-,16-,17+,18-,19+,20+,21+,22+,24-,25-;;/m11../s1. The zero-order valence-corrected chi connectivity index (χ0v) is 44.7. The second-order valence-electron chi connectivity index (χ2n) is 25.9. The average Bonchev–Trinajstić information content (AvgIpc) is 3.85. The number of benzene rings is 1. The number of rotatable bonds is 11. The molecule has 9 rings (SSSR count). The third kappa shape index (κ3) is 10.5. The number of methoxy groups -OCH3 is 2. The lowest BCUT2D eigenvalue weighted by molar-refractivity contribution is -0.172. The molecule has 0 amide bonds. The van der Waals surface area contributed by atoms with Gasteiger partial charge in [-0.3, -0.25) is 13.8 Å². The Morgan fingerprint density at radius 2 is 1.07 bits per heavy atom. The van der Waals surface area contributed by atoms with E-state index in [1.165, 1.54) is 78.4 Å². The molecule has 9 nitrogen and oxygen atoms in total. The second kappa shape index (κ2) is 22.1. The van der Waals surface area contributed by atoms with Crippen LogP contribution in [-0.2, 0) is 33.4 Å². The highest BCUT2D eigenvalue weighted by Crippen LogP contribution is 2.70. The lowest BCUT2D eigenvalue weighted by Gasteiger charge is -2.63. The van der Waals surface area contributed by atoms with E-state index < -0.39 is 10.1 Å². The maximum Gasteiger partial charge on any atom is 0.305 e. The number of aliphatic hydroxyl groups is 2. The fourth-order valence-corrected chi connectivity index (χ4v) is 20.1. The molecular formula is C60H100O9S. The van der Waals surface area contributed by atoms with Gasteiger partial charge in [-0.25, -0.2) is 0 Å². The number of aliphatic hydroxyl groups excluding tert-OH is 2. The summed E-state index contributed by atoms with van der Waals surface area (Å²) in [5.74, 6) is 7.00. The van der Waals surface area contributed by atoms with E-state index >= 15 is 0 Å². The predicted octanol–water partition coefficient (Wildman–Crippen LogP) is 13.4. The lowest BCUT2D eigenvalue weighted by atomic mass is 9.43. The van der Waals surface area contributed by atoms with Crippen LogP contribution in [0.3, 0.4) is 0 Å². The van der Waals surface area contributed by atoms with Gasteiger partial charge in [-0.05, 0) is 227 Å². The largest absolute Gasteiger partial charge is 0.469 e. The first-order valence-corrected chi connectivity index (χ1v) is 29.0. The molecule has 0 aromatic heterocycles. The van der Waals surface area contributed by atoms with Gasteiger partial charge in [-0.15, -0.1) is 0 Å². The van der Waals surface area contributed by atoms with Crippen LogP contribution >= 0.6 is 0 Å². The molecule has 8 fully saturated rings. The fourth-order valence-electron chi connectivity index (χ4n) is 19.0. The molecule has 0 aliphatic heterocycles. The van der Waals surface area contributed by atoms with E-state index in [0.29, 0.717) is 83.4 Å². The molecule has 400 valence electrons. The smallest absolute Gasteiger partial charge is 0.305 e. The van der Waals surface area contributed by atoms with Gasteiger partial charge in [0.15, 0.2) is 0 Å². The molecule has 8 saturated carbocycles. The van der Waals surface area contributed by atoms with E-state index in [4.69, 9.17) is 13.7 Å². The van der Waals surface area contributed by atoms with Crippen LogP contribution in [-0.4, -0.2) is 63.1 Å². The number of hydrogen-bond acceptors (Lipinski definition) is 9. The summed E-state index contributed by atoms with van der Waals surface area (Å²) in [5, 5.41) is 21.3. The zero-order chi connectivity index (χ0) is 49.1. The number of hydrogen-bond donors (Lipinski definition) is 2. The van der Waals surface area contributed by atoms with Gasteiger partial charge >= 0.3 is 11.9 Å². The number of fused-ring (bicyclic) bond motifs is 10. The van der Waals surface area contributed by atoms with Crippen molar-refractivity contribution in [3.8, 4) is 0 Å². The molecule has 0 bridgehead atoms. The van der Waals surface area contributed by atoms with E-state index in [1.807, 2.05) is 19.1 Å². The Morgan fingerprint density at radius 1 is 0.614 bits per heavy atom. The van der Waals surface area contributed by atoms with Gasteiger partial charge in [0, 0.05) is 12.8 Å². The number of carbonyl (C=O) groups excluding carboxylic acids is 2. The van der Waals surface area contributed by atoms with Crippen LogP contribution in [0.5, 0.6) is 0 Å². The number of esters is 2. The van der Waals surface area contributed by atoms with Crippen molar-refractivity contribution in [2.45, 2.75) is 222 Å². The molecule has 1 aromatic rings. The van der Waals surface area contributed by atoms with E-state index in [9.17, 15) is 28.2 Å². The molecule has 1 aromatic carbocycles. The minimum Gasteiger partial charge on any atom is -0.469 e. The monoisotopic (exact) mass is 997 g/mol. The highest BCUT2D eigenvalue weighted by atomic mass is 32.2. The molecule has 8 aliphatic carbocycles. The summed E-state index contributed by atoms with van der Waals surface area (Å²) in [5.41, 5.74) is 1.94. The maximum atomic E-state index is 13.6. The minimum absolute atomic E-state index is 0. The summed E-state index contributed by atoms with van der Waals surface area (Å²) in [6, 6.07) is 7.08. The highest BCUT2D eigenvalue weighted by molar-refractivity contribution is 7.86. The summed E-state index contributed by atoms with van der Waals surface area (Å²) in [4.78, 5) is 23.8. The number of ether oxygens (including phenoxy) is 2. The Labute approximate surface area is 426 Å². The molecule has 20 atom stereocenters. The molecule has 0 radical (unpaired) electrons.